The van der Waals surface area contributed by atoms with Gasteiger partial charge in [0.25, 0.3) is 5.91 Å². The number of piperidine rings is 1. The molecular formula is C23H37N3O3S. The van der Waals surface area contributed by atoms with Crippen molar-refractivity contribution in [1.82, 2.24) is 9.21 Å². The van der Waals surface area contributed by atoms with Crippen molar-refractivity contribution in [1.29, 1.82) is 0 Å². The summed E-state index contributed by atoms with van der Waals surface area (Å²) >= 11 is 0. The second-order valence-electron chi connectivity index (χ2n) is 8.93. The lowest BCUT2D eigenvalue weighted by molar-refractivity contribution is 0.0707. The summed E-state index contributed by atoms with van der Waals surface area (Å²) in [5, 5.41) is 0. The van der Waals surface area contributed by atoms with E-state index in [4.69, 9.17) is 0 Å². The Morgan fingerprint density at radius 2 is 1.47 bits per heavy atom. The minimum Gasteiger partial charge on any atom is -0.371 e. The van der Waals surface area contributed by atoms with Crippen LogP contribution in [-0.4, -0.2) is 63.8 Å². The minimum atomic E-state index is -3.60. The molecule has 0 aromatic heterocycles. The van der Waals surface area contributed by atoms with Gasteiger partial charge in [0.1, 0.15) is 0 Å². The van der Waals surface area contributed by atoms with Crippen LogP contribution in [0.25, 0.3) is 0 Å². The summed E-state index contributed by atoms with van der Waals surface area (Å²) < 4.78 is 26.7. The summed E-state index contributed by atoms with van der Waals surface area (Å²) in [5.74, 6) is -0.0584. The van der Waals surface area contributed by atoms with Crippen molar-refractivity contribution in [3.8, 4) is 0 Å². The van der Waals surface area contributed by atoms with Crippen LogP contribution in [0.5, 0.6) is 0 Å². The molecule has 1 saturated heterocycles. The Bertz CT molecular complexity index is 824. The van der Waals surface area contributed by atoms with Gasteiger partial charge in [-0.3, -0.25) is 4.79 Å². The third-order valence-corrected chi connectivity index (χ3v) is 8.43. The highest BCUT2D eigenvalue weighted by atomic mass is 32.2. The van der Waals surface area contributed by atoms with Crippen molar-refractivity contribution in [3.05, 3.63) is 23.8 Å². The molecule has 0 radical (unpaired) electrons. The molecule has 2 aliphatic rings. The van der Waals surface area contributed by atoms with Gasteiger partial charge in [0, 0.05) is 46.0 Å². The standard InChI is InChI=1S/C23H37N3O3S/c1-24(2)30(28,29)20-14-15-22(26-16-10-7-11-17-26)21(18-20)23(27)25(3)19-12-8-5-4-6-9-13-19/h14-15,18-19H,4-13,16-17H2,1-3H3. The fraction of sp³-hybridized carbons (Fsp3) is 0.696. The normalized spacial score (nSPS) is 19.4. The van der Waals surface area contributed by atoms with Gasteiger partial charge in [-0.2, -0.15) is 0 Å². The summed E-state index contributed by atoms with van der Waals surface area (Å²) in [6, 6.07) is 5.30. The first-order valence-electron chi connectivity index (χ1n) is 11.4. The molecule has 0 N–H and O–H groups in total. The second kappa shape index (κ2) is 10.1. The van der Waals surface area contributed by atoms with Crippen LogP contribution in [-0.2, 0) is 10.0 Å². The molecule has 0 spiro atoms. The summed E-state index contributed by atoms with van der Waals surface area (Å²) in [7, 11) is 1.34. The number of carbonyl (C=O) groups excluding carboxylic acids is 1. The van der Waals surface area contributed by atoms with E-state index < -0.39 is 10.0 Å². The Balaban J connectivity index is 1.96. The van der Waals surface area contributed by atoms with E-state index in [-0.39, 0.29) is 16.8 Å². The number of hydrogen-bond acceptors (Lipinski definition) is 4. The molecule has 1 aromatic carbocycles. The molecule has 0 atom stereocenters. The third kappa shape index (κ3) is 5.17. The Morgan fingerprint density at radius 1 is 0.900 bits per heavy atom. The Morgan fingerprint density at radius 3 is 2.07 bits per heavy atom. The molecule has 3 rings (SSSR count). The van der Waals surface area contributed by atoms with Crippen molar-refractivity contribution < 1.29 is 13.2 Å². The summed E-state index contributed by atoms with van der Waals surface area (Å²) in [4.78, 5) is 17.9. The molecule has 1 saturated carbocycles. The van der Waals surface area contributed by atoms with E-state index in [0.29, 0.717) is 5.56 Å². The van der Waals surface area contributed by atoms with Crippen LogP contribution in [0.2, 0.25) is 0 Å². The second-order valence-corrected chi connectivity index (χ2v) is 11.1. The smallest absolute Gasteiger partial charge is 0.255 e. The molecule has 168 valence electrons. The molecule has 2 fully saturated rings. The number of benzene rings is 1. The quantitative estimate of drug-likeness (QED) is 0.698. The summed E-state index contributed by atoms with van der Waals surface area (Å²) in [5.41, 5.74) is 1.39. The molecule has 6 nitrogen and oxygen atoms in total. The Kier molecular flexibility index (Phi) is 7.80. The number of hydrogen-bond donors (Lipinski definition) is 0. The van der Waals surface area contributed by atoms with Gasteiger partial charge in [0.15, 0.2) is 0 Å². The lowest BCUT2D eigenvalue weighted by Crippen LogP contribution is -2.39. The zero-order chi connectivity index (χ0) is 21.7. The molecule has 30 heavy (non-hydrogen) atoms. The molecule has 1 aliphatic carbocycles. The average Bonchev–Trinajstić information content (AvgIpc) is 2.72. The molecule has 0 bridgehead atoms. The molecule has 1 heterocycles. The molecule has 1 aliphatic heterocycles. The Labute approximate surface area is 182 Å². The largest absolute Gasteiger partial charge is 0.371 e. The van der Waals surface area contributed by atoms with Crippen molar-refractivity contribution in [2.45, 2.75) is 75.1 Å². The van der Waals surface area contributed by atoms with E-state index in [1.54, 1.807) is 12.1 Å². The zero-order valence-electron chi connectivity index (χ0n) is 18.8. The first-order chi connectivity index (χ1) is 14.3. The van der Waals surface area contributed by atoms with Crippen LogP contribution in [0, 0.1) is 0 Å². The van der Waals surface area contributed by atoms with E-state index in [2.05, 4.69) is 4.90 Å². The lowest BCUT2D eigenvalue weighted by atomic mass is 9.95. The predicted molar refractivity (Wildman–Crippen MR) is 122 cm³/mol. The van der Waals surface area contributed by atoms with Gasteiger partial charge in [0.05, 0.1) is 10.5 Å². The zero-order valence-corrected chi connectivity index (χ0v) is 19.6. The maximum Gasteiger partial charge on any atom is 0.255 e. The Hall–Kier alpha value is -1.60. The van der Waals surface area contributed by atoms with Gasteiger partial charge in [0.2, 0.25) is 10.0 Å². The molecule has 0 unspecified atom stereocenters. The fourth-order valence-electron chi connectivity index (χ4n) is 4.65. The van der Waals surface area contributed by atoms with E-state index in [1.807, 2.05) is 18.0 Å². The summed E-state index contributed by atoms with van der Waals surface area (Å²) in [6.45, 7) is 1.82. The number of anilines is 1. The number of amides is 1. The molecular weight excluding hydrogens is 398 g/mol. The number of sulfonamides is 1. The molecule has 1 aromatic rings. The fourth-order valence-corrected chi connectivity index (χ4v) is 5.57. The predicted octanol–water partition coefficient (Wildman–Crippen LogP) is 4.11. The molecule has 1 amide bonds. The van der Waals surface area contributed by atoms with Crippen LogP contribution in [0.3, 0.4) is 0 Å². The highest BCUT2D eigenvalue weighted by Gasteiger charge is 2.28. The highest BCUT2D eigenvalue weighted by molar-refractivity contribution is 7.89. The van der Waals surface area contributed by atoms with Crippen LogP contribution >= 0.6 is 0 Å². The van der Waals surface area contributed by atoms with E-state index in [0.717, 1.165) is 57.3 Å². The number of carbonyl (C=O) groups is 1. The van der Waals surface area contributed by atoms with Crippen molar-refractivity contribution in [3.63, 3.8) is 0 Å². The number of rotatable bonds is 5. The van der Waals surface area contributed by atoms with Crippen LogP contribution in [0.4, 0.5) is 5.69 Å². The van der Waals surface area contributed by atoms with Crippen LogP contribution in [0.15, 0.2) is 23.1 Å². The first-order valence-corrected chi connectivity index (χ1v) is 12.8. The van der Waals surface area contributed by atoms with Gasteiger partial charge in [-0.15, -0.1) is 0 Å². The SMILES string of the molecule is CN(C(=O)c1cc(S(=O)(=O)N(C)C)ccc1N1CCCCC1)C1CCCCCCC1. The van der Waals surface area contributed by atoms with Gasteiger partial charge in [-0.1, -0.05) is 32.1 Å². The molecule has 7 heteroatoms. The van der Waals surface area contributed by atoms with Crippen LogP contribution in [0.1, 0.15) is 74.6 Å². The summed E-state index contributed by atoms with van der Waals surface area (Å²) in [6.07, 6.45) is 11.5. The van der Waals surface area contributed by atoms with Crippen LogP contribution < -0.4 is 4.90 Å². The highest BCUT2D eigenvalue weighted by Crippen LogP contribution is 2.30. The minimum absolute atomic E-state index is 0.0584. The van der Waals surface area contributed by atoms with Crippen molar-refractivity contribution in [2.75, 3.05) is 39.1 Å². The lowest BCUT2D eigenvalue weighted by Gasteiger charge is -2.34. The van der Waals surface area contributed by atoms with Gasteiger partial charge in [-0.25, -0.2) is 12.7 Å². The van der Waals surface area contributed by atoms with Crippen molar-refractivity contribution >= 4 is 21.6 Å². The monoisotopic (exact) mass is 435 g/mol. The van der Waals surface area contributed by atoms with Gasteiger partial charge in [-0.05, 0) is 50.3 Å². The first kappa shape index (κ1) is 23.1. The van der Waals surface area contributed by atoms with E-state index in [1.165, 1.54) is 44.1 Å². The topological polar surface area (TPSA) is 60.9 Å². The van der Waals surface area contributed by atoms with E-state index in [9.17, 15) is 13.2 Å². The van der Waals surface area contributed by atoms with E-state index >= 15 is 0 Å². The van der Waals surface area contributed by atoms with Gasteiger partial charge < -0.3 is 9.80 Å². The maximum absolute atomic E-state index is 13.6. The third-order valence-electron chi connectivity index (χ3n) is 6.62. The number of nitrogens with zero attached hydrogens (tertiary/aromatic N) is 3. The maximum atomic E-state index is 13.6. The average molecular weight is 436 g/mol. The van der Waals surface area contributed by atoms with Crippen molar-refractivity contribution in [2.24, 2.45) is 0 Å². The van der Waals surface area contributed by atoms with Gasteiger partial charge >= 0.3 is 0 Å².